The minimum atomic E-state index is -0.220. The highest BCUT2D eigenvalue weighted by atomic mass is 35.5. The van der Waals surface area contributed by atoms with Gasteiger partial charge < -0.3 is 15.4 Å². The molecule has 124 valence electrons. The van der Waals surface area contributed by atoms with Gasteiger partial charge in [0, 0.05) is 30.4 Å². The predicted octanol–water partition coefficient (Wildman–Crippen LogP) is 2.69. The van der Waals surface area contributed by atoms with Gasteiger partial charge in [0.1, 0.15) is 5.75 Å². The van der Waals surface area contributed by atoms with Crippen molar-refractivity contribution in [3.63, 3.8) is 0 Å². The first-order valence-electron chi connectivity index (χ1n) is 7.35. The highest BCUT2D eigenvalue weighted by molar-refractivity contribution is 6.30. The van der Waals surface area contributed by atoms with Crippen molar-refractivity contribution in [2.24, 2.45) is 7.05 Å². The summed E-state index contributed by atoms with van der Waals surface area (Å²) in [4.78, 5) is 11.9. The van der Waals surface area contributed by atoms with Gasteiger partial charge in [-0.25, -0.2) is 4.79 Å². The molecule has 2 amide bonds. The van der Waals surface area contributed by atoms with Crippen LogP contribution in [0.15, 0.2) is 30.6 Å². The number of carbonyl (C=O) groups is 1. The molecule has 2 rings (SSSR count). The van der Waals surface area contributed by atoms with Crippen molar-refractivity contribution in [3.05, 3.63) is 46.7 Å². The van der Waals surface area contributed by atoms with Crippen molar-refractivity contribution in [3.8, 4) is 5.75 Å². The molecule has 1 aromatic carbocycles. The van der Waals surface area contributed by atoms with E-state index in [4.69, 9.17) is 16.3 Å². The number of aromatic nitrogens is 2. The SMILES string of the molecule is COc1ccc(Cl)cc1CCNC(=O)NC(C)c1cnn(C)c1. The minimum absolute atomic E-state index is 0.107. The topological polar surface area (TPSA) is 68.2 Å². The molecule has 7 heteroatoms. The van der Waals surface area contributed by atoms with Gasteiger partial charge in [-0.05, 0) is 37.1 Å². The molecule has 0 aliphatic carbocycles. The Balaban J connectivity index is 1.82. The lowest BCUT2D eigenvalue weighted by Gasteiger charge is -2.14. The first-order valence-corrected chi connectivity index (χ1v) is 7.72. The molecule has 0 saturated heterocycles. The summed E-state index contributed by atoms with van der Waals surface area (Å²) in [5.74, 6) is 0.764. The standard InChI is InChI=1S/C16H21ClN4O2/c1-11(13-9-19-21(2)10-13)20-16(22)18-7-6-12-8-14(17)4-5-15(12)23-3/h4-5,8-11H,6-7H2,1-3H3,(H2,18,20,22). The van der Waals surface area contributed by atoms with Crippen LogP contribution in [-0.4, -0.2) is 29.5 Å². The molecule has 2 N–H and O–H groups in total. The van der Waals surface area contributed by atoms with Crippen LogP contribution in [0.1, 0.15) is 24.1 Å². The predicted molar refractivity (Wildman–Crippen MR) is 89.9 cm³/mol. The first kappa shape index (κ1) is 17.1. The van der Waals surface area contributed by atoms with Gasteiger partial charge >= 0.3 is 6.03 Å². The van der Waals surface area contributed by atoms with Gasteiger partial charge in [0.2, 0.25) is 0 Å². The summed E-state index contributed by atoms with van der Waals surface area (Å²) in [6.45, 7) is 2.40. The van der Waals surface area contributed by atoms with Crippen LogP contribution in [0.5, 0.6) is 5.75 Å². The van der Waals surface area contributed by atoms with E-state index in [2.05, 4.69) is 15.7 Å². The van der Waals surface area contributed by atoms with E-state index in [0.717, 1.165) is 16.9 Å². The molecule has 0 aliphatic heterocycles. The Morgan fingerprint density at radius 1 is 1.48 bits per heavy atom. The van der Waals surface area contributed by atoms with Crippen molar-refractivity contribution in [1.29, 1.82) is 0 Å². The Labute approximate surface area is 140 Å². The second kappa shape index (κ2) is 7.87. The van der Waals surface area contributed by atoms with E-state index in [1.54, 1.807) is 24.1 Å². The molecular weight excluding hydrogens is 316 g/mol. The molecule has 1 heterocycles. The number of hydrogen-bond donors (Lipinski definition) is 2. The number of amides is 2. The number of hydrogen-bond acceptors (Lipinski definition) is 3. The highest BCUT2D eigenvalue weighted by Gasteiger charge is 2.11. The Kier molecular flexibility index (Phi) is 5.87. The van der Waals surface area contributed by atoms with Crippen molar-refractivity contribution in [2.75, 3.05) is 13.7 Å². The zero-order valence-corrected chi connectivity index (χ0v) is 14.2. The van der Waals surface area contributed by atoms with E-state index in [1.165, 1.54) is 0 Å². The van der Waals surface area contributed by atoms with Crippen LogP contribution in [0, 0.1) is 0 Å². The van der Waals surface area contributed by atoms with Crippen LogP contribution < -0.4 is 15.4 Å². The maximum absolute atomic E-state index is 11.9. The third-order valence-electron chi connectivity index (χ3n) is 3.49. The monoisotopic (exact) mass is 336 g/mol. The highest BCUT2D eigenvalue weighted by Crippen LogP contribution is 2.22. The van der Waals surface area contributed by atoms with E-state index >= 15 is 0 Å². The lowest BCUT2D eigenvalue weighted by Crippen LogP contribution is -2.38. The molecule has 0 bridgehead atoms. The van der Waals surface area contributed by atoms with Crippen molar-refractivity contribution in [2.45, 2.75) is 19.4 Å². The molecule has 0 aliphatic rings. The quantitative estimate of drug-likeness (QED) is 0.852. The largest absolute Gasteiger partial charge is 0.496 e. The van der Waals surface area contributed by atoms with Gasteiger partial charge in [-0.2, -0.15) is 5.10 Å². The number of ether oxygens (including phenoxy) is 1. The van der Waals surface area contributed by atoms with E-state index < -0.39 is 0 Å². The Morgan fingerprint density at radius 2 is 2.26 bits per heavy atom. The maximum atomic E-state index is 11.9. The second-order valence-corrected chi connectivity index (χ2v) is 5.71. The van der Waals surface area contributed by atoms with E-state index in [1.807, 2.05) is 32.3 Å². The fraction of sp³-hybridized carbons (Fsp3) is 0.375. The van der Waals surface area contributed by atoms with E-state index in [-0.39, 0.29) is 12.1 Å². The molecule has 1 atom stereocenters. The maximum Gasteiger partial charge on any atom is 0.315 e. The number of nitrogens with one attached hydrogen (secondary N) is 2. The van der Waals surface area contributed by atoms with Crippen LogP contribution in [-0.2, 0) is 13.5 Å². The second-order valence-electron chi connectivity index (χ2n) is 5.28. The smallest absolute Gasteiger partial charge is 0.315 e. The van der Waals surface area contributed by atoms with Gasteiger partial charge in [0.05, 0.1) is 19.3 Å². The number of carbonyl (C=O) groups excluding carboxylic acids is 1. The number of halogens is 1. The molecule has 1 unspecified atom stereocenters. The molecule has 23 heavy (non-hydrogen) atoms. The third-order valence-corrected chi connectivity index (χ3v) is 3.73. The number of rotatable bonds is 6. The molecule has 2 aromatic rings. The van der Waals surface area contributed by atoms with Crippen LogP contribution in [0.3, 0.4) is 0 Å². The van der Waals surface area contributed by atoms with Crippen molar-refractivity contribution >= 4 is 17.6 Å². The summed E-state index contributed by atoms with van der Waals surface area (Å²) in [5.41, 5.74) is 1.92. The number of benzene rings is 1. The van der Waals surface area contributed by atoms with Crippen LogP contribution in [0.4, 0.5) is 4.79 Å². The molecular formula is C16H21ClN4O2. The molecule has 1 aromatic heterocycles. The Hall–Kier alpha value is -2.21. The normalized spacial score (nSPS) is 11.8. The summed E-state index contributed by atoms with van der Waals surface area (Å²) < 4.78 is 6.99. The zero-order chi connectivity index (χ0) is 16.8. The van der Waals surface area contributed by atoms with Gasteiger partial charge in [-0.1, -0.05) is 11.6 Å². The molecule has 0 radical (unpaired) electrons. The van der Waals surface area contributed by atoms with Crippen molar-refractivity contribution in [1.82, 2.24) is 20.4 Å². The molecule has 0 fully saturated rings. The summed E-state index contributed by atoms with van der Waals surface area (Å²) in [6, 6.07) is 5.12. The number of aryl methyl sites for hydroxylation is 1. The van der Waals surface area contributed by atoms with Gasteiger partial charge in [0.15, 0.2) is 0 Å². The number of urea groups is 1. The third kappa shape index (κ3) is 4.89. The van der Waals surface area contributed by atoms with Gasteiger partial charge in [0.25, 0.3) is 0 Å². The van der Waals surface area contributed by atoms with E-state index in [0.29, 0.717) is 18.0 Å². The number of nitrogens with zero attached hydrogens (tertiary/aromatic N) is 2. The van der Waals surface area contributed by atoms with Crippen LogP contribution >= 0.6 is 11.6 Å². The lowest BCUT2D eigenvalue weighted by atomic mass is 10.1. The molecule has 0 spiro atoms. The number of methoxy groups -OCH3 is 1. The first-order chi connectivity index (χ1) is 11.0. The van der Waals surface area contributed by atoms with Gasteiger partial charge in [-0.3, -0.25) is 4.68 Å². The molecule has 0 saturated carbocycles. The Bertz CT molecular complexity index is 672. The van der Waals surface area contributed by atoms with Crippen LogP contribution in [0.25, 0.3) is 0 Å². The Morgan fingerprint density at radius 3 is 2.91 bits per heavy atom. The zero-order valence-electron chi connectivity index (χ0n) is 13.5. The van der Waals surface area contributed by atoms with Gasteiger partial charge in [-0.15, -0.1) is 0 Å². The average Bonchev–Trinajstić information content (AvgIpc) is 2.94. The molecule has 6 nitrogen and oxygen atoms in total. The lowest BCUT2D eigenvalue weighted by molar-refractivity contribution is 0.238. The fourth-order valence-electron chi connectivity index (χ4n) is 2.25. The van der Waals surface area contributed by atoms with Crippen molar-refractivity contribution < 1.29 is 9.53 Å². The summed E-state index contributed by atoms with van der Waals surface area (Å²) >= 11 is 5.99. The fourth-order valence-corrected chi connectivity index (χ4v) is 2.44. The summed E-state index contributed by atoms with van der Waals surface area (Å²) in [7, 11) is 3.46. The average molecular weight is 337 g/mol. The summed E-state index contributed by atoms with van der Waals surface area (Å²) in [5, 5.41) is 10.4. The van der Waals surface area contributed by atoms with Crippen LogP contribution in [0.2, 0.25) is 5.02 Å². The minimum Gasteiger partial charge on any atom is -0.496 e. The van der Waals surface area contributed by atoms with E-state index in [9.17, 15) is 4.79 Å². The summed E-state index contributed by atoms with van der Waals surface area (Å²) in [6.07, 6.45) is 4.25.